The van der Waals surface area contributed by atoms with Crippen LogP contribution in [0.2, 0.25) is 0 Å². The van der Waals surface area contributed by atoms with Crippen LogP contribution >= 0.6 is 0 Å². The average Bonchev–Trinajstić information content (AvgIpc) is 2.40. The van der Waals surface area contributed by atoms with Crippen molar-refractivity contribution >= 4 is 11.7 Å². The Labute approximate surface area is 116 Å². The molecule has 0 spiro atoms. The summed E-state index contributed by atoms with van der Waals surface area (Å²) in [6, 6.07) is 1.21. The second-order valence-electron chi connectivity index (χ2n) is 4.41. The fourth-order valence-electron chi connectivity index (χ4n) is 1.52. The van der Waals surface area contributed by atoms with Crippen molar-refractivity contribution in [3.63, 3.8) is 0 Å². The summed E-state index contributed by atoms with van der Waals surface area (Å²) in [7, 11) is 0. The highest BCUT2D eigenvalue weighted by molar-refractivity contribution is 5.89. The third-order valence-corrected chi connectivity index (χ3v) is 2.68. The van der Waals surface area contributed by atoms with Gasteiger partial charge < -0.3 is 15.7 Å². The lowest BCUT2D eigenvalue weighted by atomic mass is 10.1. The van der Waals surface area contributed by atoms with Gasteiger partial charge in [0, 0.05) is 18.7 Å². The third kappa shape index (κ3) is 4.52. The summed E-state index contributed by atoms with van der Waals surface area (Å²) >= 11 is 0. The maximum absolute atomic E-state index is 13.6. The van der Waals surface area contributed by atoms with Crippen LogP contribution in [-0.4, -0.2) is 24.3 Å². The smallest absolute Gasteiger partial charge is 0.319 e. The van der Waals surface area contributed by atoms with E-state index in [0.717, 1.165) is 12.1 Å². The SMILES string of the molecule is C#Cc1cc(F)c(NC(=O)NCC(C)CCO)c(F)c1. The number of amides is 2. The topological polar surface area (TPSA) is 61.4 Å². The molecule has 108 valence electrons. The van der Waals surface area contributed by atoms with Gasteiger partial charge in [0.05, 0.1) is 0 Å². The summed E-state index contributed by atoms with van der Waals surface area (Å²) in [6.45, 7) is 2.14. The standard InChI is InChI=1S/C14H16F2N2O2/c1-3-10-6-11(15)13(12(16)7-10)18-14(20)17-8-9(2)4-5-19/h1,6-7,9,19H,4-5,8H2,2H3,(H2,17,18,20). The molecule has 1 unspecified atom stereocenters. The molecular weight excluding hydrogens is 266 g/mol. The fraction of sp³-hybridized carbons (Fsp3) is 0.357. The number of carbonyl (C=O) groups excluding carboxylic acids is 1. The molecule has 0 aliphatic heterocycles. The van der Waals surface area contributed by atoms with Crippen LogP contribution in [0.3, 0.4) is 0 Å². The molecule has 0 aliphatic rings. The van der Waals surface area contributed by atoms with Gasteiger partial charge in [-0.2, -0.15) is 0 Å². The molecule has 1 aromatic carbocycles. The number of benzene rings is 1. The van der Waals surface area contributed by atoms with Gasteiger partial charge >= 0.3 is 6.03 Å². The molecule has 0 fully saturated rings. The van der Waals surface area contributed by atoms with Gasteiger partial charge in [-0.05, 0) is 24.5 Å². The van der Waals surface area contributed by atoms with E-state index in [1.54, 1.807) is 0 Å². The van der Waals surface area contributed by atoms with Crippen LogP contribution in [0.15, 0.2) is 12.1 Å². The zero-order valence-electron chi connectivity index (χ0n) is 11.0. The van der Waals surface area contributed by atoms with Gasteiger partial charge in [-0.15, -0.1) is 6.42 Å². The number of nitrogens with one attached hydrogen (secondary N) is 2. The van der Waals surface area contributed by atoms with Crippen LogP contribution in [0.5, 0.6) is 0 Å². The molecule has 0 saturated carbocycles. The van der Waals surface area contributed by atoms with Gasteiger partial charge in [0.2, 0.25) is 0 Å². The Morgan fingerprint density at radius 2 is 2.05 bits per heavy atom. The van der Waals surface area contributed by atoms with E-state index in [9.17, 15) is 13.6 Å². The van der Waals surface area contributed by atoms with Gasteiger partial charge in [-0.1, -0.05) is 12.8 Å². The molecule has 0 saturated heterocycles. The van der Waals surface area contributed by atoms with Crippen LogP contribution in [0.1, 0.15) is 18.9 Å². The third-order valence-electron chi connectivity index (χ3n) is 2.68. The number of halogens is 2. The Kier molecular flexibility index (Phi) is 5.94. The van der Waals surface area contributed by atoms with Crippen molar-refractivity contribution < 1.29 is 18.7 Å². The van der Waals surface area contributed by atoms with E-state index >= 15 is 0 Å². The fourth-order valence-corrected chi connectivity index (χ4v) is 1.52. The Morgan fingerprint density at radius 3 is 2.55 bits per heavy atom. The molecule has 6 heteroatoms. The van der Waals surface area contributed by atoms with Crippen LogP contribution in [0.25, 0.3) is 0 Å². The lowest BCUT2D eigenvalue weighted by molar-refractivity contribution is 0.243. The van der Waals surface area contributed by atoms with Crippen LogP contribution in [0, 0.1) is 29.9 Å². The number of urea groups is 1. The number of aliphatic hydroxyl groups excluding tert-OH is 1. The van der Waals surface area contributed by atoms with E-state index in [4.69, 9.17) is 11.5 Å². The number of rotatable bonds is 5. The number of terminal acetylenes is 1. The summed E-state index contributed by atoms with van der Waals surface area (Å²) in [5, 5.41) is 13.3. The second kappa shape index (κ2) is 7.46. The van der Waals surface area contributed by atoms with Crippen molar-refractivity contribution in [2.75, 3.05) is 18.5 Å². The van der Waals surface area contributed by atoms with E-state index in [0.29, 0.717) is 6.42 Å². The Bertz CT molecular complexity index is 503. The average molecular weight is 282 g/mol. The second-order valence-corrected chi connectivity index (χ2v) is 4.41. The normalized spacial score (nSPS) is 11.6. The highest BCUT2D eigenvalue weighted by Crippen LogP contribution is 2.20. The summed E-state index contributed by atoms with van der Waals surface area (Å²) < 4.78 is 27.1. The van der Waals surface area contributed by atoms with Crippen LogP contribution in [0.4, 0.5) is 19.3 Å². The van der Waals surface area contributed by atoms with Gasteiger partial charge in [0.1, 0.15) is 5.69 Å². The lowest BCUT2D eigenvalue weighted by Crippen LogP contribution is -2.33. The predicted molar refractivity (Wildman–Crippen MR) is 72.2 cm³/mol. The van der Waals surface area contributed by atoms with Gasteiger partial charge in [-0.25, -0.2) is 13.6 Å². The summed E-state index contributed by atoms with van der Waals surface area (Å²) in [6.07, 6.45) is 5.57. The molecule has 2 amide bonds. The molecule has 0 aromatic heterocycles. The van der Waals surface area contributed by atoms with E-state index in [2.05, 4.69) is 16.6 Å². The molecule has 1 rings (SSSR count). The number of carbonyl (C=O) groups is 1. The molecular formula is C14H16F2N2O2. The maximum Gasteiger partial charge on any atom is 0.319 e. The predicted octanol–water partition coefficient (Wildman–Crippen LogP) is 2.09. The quantitative estimate of drug-likeness (QED) is 0.724. The van der Waals surface area contributed by atoms with Gasteiger partial charge in [0.15, 0.2) is 11.6 Å². The molecule has 4 nitrogen and oxygen atoms in total. The van der Waals surface area contributed by atoms with Crippen molar-refractivity contribution in [1.82, 2.24) is 5.32 Å². The maximum atomic E-state index is 13.6. The zero-order chi connectivity index (χ0) is 15.1. The Morgan fingerprint density at radius 1 is 1.45 bits per heavy atom. The first-order valence-corrected chi connectivity index (χ1v) is 6.09. The van der Waals surface area contributed by atoms with E-state index < -0.39 is 23.4 Å². The van der Waals surface area contributed by atoms with E-state index in [1.807, 2.05) is 6.92 Å². The summed E-state index contributed by atoms with van der Waals surface area (Å²) in [4.78, 5) is 11.5. The first kappa shape index (κ1) is 15.9. The number of hydrogen-bond acceptors (Lipinski definition) is 2. The Balaban J connectivity index is 2.65. The number of hydrogen-bond donors (Lipinski definition) is 3. The van der Waals surface area contributed by atoms with Gasteiger partial charge in [0.25, 0.3) is 0 Å². The monoisotopic (exact) mass is 282 g/mol. The van der Waals surface area contributed by atoms with E-state index in [-0.39, 0.29) is 24.6 Å². The largest absolute Gasteiger partial charge is 0.396 e. The summed E-state index contributed by atoms with van der Waals surface area (Å²) in [5.74, 6) is 0.303. The van der Waals surface area contributed by atoms with Crippen molar-refractivity contribution in [3.8, 4) is 12.3 Å². The first-order chi connectivity index (χ1) is 9.47. The minimum absolute atomic E-state index is 0.0152. The van der Waals surface area contributed by atoms with Crippen molar-refractivity contribution in [3.05, 3.63) is 29.3 Å². The molecule has 20 heavy (non-hydrogen) atoms. The van der Waals surface area contributed by atoms with E-state index in [1.165, 1.54) is 0 Å². The zero-order valence-corrected chi connectivity index (χ0v) is 11.0. The minimum atomic E-state index is -0.934. The number of anilines is 1. The van der Waals surface area contributed by atoms with Crippen LogP contribution in [-0.2, 0) is 0 Å². The molecule has 0 heterocycles. The van der Waals surface area contributed by atoms with Gasteiger partial charge in [-0.3, -0.25) is 0 Å². The number of aliphatic hydroxyl groups is 1. The Hall–Kier alpha value is -2.13. The van der Waals surface area contributed by atoms with Crippen LogP contribution < -0.4 is 10.6 Å². The summed E-state index contributed by atoms with van der Waals surface area (Å²) in [5.41, 5.74) is -0.487. The molecule has 0 bridgehead atoms. The minimum Gasteiger partial charge on any atom is -0.396 e. The molecule has 0 radical (unpaired) electrons. The van der Waals surface area contributed by atoms with Crippen molar-refractivity contribution in [2.45, 2.75) is 13.3 Å². The molecule has 3 N–H and O–H groups in total. The van der Waals surface area contributed by atoms with Crippen molar-refractivity contribution in [2.24, 2.45) is 5.92 Å². The highest BCUT2D eigenvalue weighted by Gasteiger charge is 2.14. The van der Waals surface area contributed by atoms with Crippen molar-refractivity contribution in [1.29, 1.82) is 0 Å². The molecule has 0 aliphatic carbocycles. The molecule has 1 aromatic rings. The highest BCUT2D eigenvalue weighted by atomic mass is 19.1. The lowest BCUT2D eigenvalue weighted by Gasteiger charge is -2.13. The first-order valence-electron chi connectivity index (χ1n) is 6.09. The molecule has 1 atom stereocenters.